The molecule has 30 heavy (non-hydrogen) atoms. The van der Waals surface area contributed by atoms with Gasteiger partial charge in [-0.05, 0) is 36.4 Å². The molecule has 12 heteroatoms. The summed E-state index contributed by atoms with van der Waals surface area (Å²) in [5, 5.41) is 17.1. The largest absolute Gasteiger partial charge is 0.507 e. The lowest BCUT2D eigenvalue weighted by molar-refractivity contribution is 0.102. The lowest BCUT2D eigenvalue weighted by Gasteiger charge is -2.11. The molecule has 0 saturated heterocycles. The highest BCUT2D eigenvalue weighted by Crippen LogP contribution is 2.29. The summed E-state index contributed by atoms with van der Waals surface area (Å²) in [7, 11) is 2.27. The van der Waals surface area contributed by atoms with E-state index in [0.29, 0.717) is 0 Å². The number of halogens is 2. The zero-order valence-corrected chi connectivity index (χ0v) is 17.2. The average Bonchev–Trinajstić information content (AvgIpc) is 2.71. The molecule has 0 aliphatic heterocycles. The molecule has 0 fully saturated rings. The SMILES string of the molecule is COC(=O)NC(=Nc1ccc(NC(=O)c2cc(Cl)ccc2O)c(Cl)c1)NC(=O)OC. The van der Waals surface area contributed by atoms with E-state index in [0.717, 1.165) is 14.2 Å². The van der Waals surface area contributed by atoms with Crippen molar-refractivity contribution >= 4 is 58.6 Å². The Morgan fingerprint density at radius 1 is 0.967 bits per heavy atom. The van der Waals surface area contributed by atoms with Gasteiger partial charge in [0.2, 0.25) is 5.96 Å². The topological polar surface area (TPSA) is 138 Å². The maximum atomic E-state index is 12.4. The van der Waals surface area contributed by atoms with Gasteiger partial charge in [-0.15, -0.1) is 0 Å². The van der Waals surface area contributed by atoms with E-state index in [9.17, 15) is 19.5 Å². The van der Waals surface area contributed by atoms with Crippen LogP contribution >= 0.6 is 23.2 Å². The number of hydrogen-bond acceptors (Lipinski definition) is 7. The Hall–Kier alpha value is -3.50. The third-order valence-electron chi connectivity index (χ3n) is 3.46. The summed E-state index contributed by atoms with van der Waals surface area (Å²) in [6.07, 6.45) is -1.75. The summed E-state index contributed by atoms with van der Waals surface area (Å²) in [5.74, 6) is -1.15. The van der Waals surface area contributed by atoms with Crippen LogP contribution in [0.1, 0.15) is 10.4 Å². The Bertz CT molecular complexity index is 992. The highest BCUT2D eigenvalue weighted by Gasteiger charge is 2.15. The van der Waals surface area contributed by atoms with Crippen molar-refractivity contribution in [1.82, 2.24) is 10.6 Å². The van der Waals surface area contributed by atoms with E-state index < -0.39 is 18.1 Å². The number of carbonyl (C=O) groups is 3. The molecule has 2 rings (SSSR count). The number of alkyl carbamates (subject to hydrolysis) is 2. The standard InChI is InChI=1S/C18H16Cl2N4O6/c1-29-17(27)23-16(24-18(28)30-2)21-10-4-5-13(12(20)8-10)22-15(26)11-7-9(19)3-6-14(11)25/h3-8,25H,1-2H3,(H,22,26)(H2,21,23,24,27,28). The molecule has 0 aliphatic rings. The molecule has 0 saturated carbocycles. The fourth-order valence-electron chi connectivity index (χ4n) is 2.07. The molecular weight excluding hydrogens is 439 g/mol. The minimum atomic E-state index is -0.874. The number of amides is 3. The van der Waals surface area contributed by atoms with E-state index in [1.165, 1.54) is 36.4 Å². The molecule has 4 N–H and O–H groups in total. The molecule has 0 unspecified atom stereocenters. The van der Waals surface area contributed by atoms with Crippen molar-refractivity contribution in [2.75, 3.05) is 19.5 Å². The van der Waals surface area contributed by atoms with E-state index in [-0.39, 0.29) is 38.7 Å². The van der Waals surface area contributed by atoms with Gasteiger partial charge >= 0.3 is 12.2 Å². The number of ether oxygens (including phenoxy) is 2. The summed E-state index contributed by atoms with van der Waals surface area (Å²) in [5.41, 5.74) is 0.419. The predicted octanol–water partition coefficient (Wildman–Crippen LogP) is 3.65. The Morgan fingerprint density at radius 3 is 2.17 bits per heavy atom. The zero-order valence-electron chi connectivity index (χ0n) is 15.7. The second-order valence-electron chi connectivity index (χ2n) is 5.47. The van der Waals surface area contributed by atoms with Gasteiger partial charge in [0.1, 0.15) is 5.75 Å². The van der Waals surface area contributed by atoms with Crippen molar-refractivity contribution in [3.63, 3.8) is 0 Å². The minimum Gasteiger partial charge on any atom is -0.507 e. The second kappa shape index (κ2) is 10.3. The van der Waals surface area contributed by atoms with Gasteiger partial charge in [0.15, 0.2) is 0 Å². The van der Waals surface area contributed by atoms with E-state index in [2.05, 4.69) is 30.4 Å². The monoisotopic (exact) mass is 454 g/mol. The van der Waals surface area contributed by atoms with Gasteiger partial charge < -0.3 is 19.9 Å². The van der Waals surface area contributed by atoms with E-state index >= 15 is 0 Å². The van der Waals surface area contributed by atoms with Crippen LogP contribution in [-0.2, 0) is 9.47 Å². The molecule has 0 aromatic heterocycles. The van der Waals surface area contributed by atoms with Crippen molar-refractivity contribution in [2.45, 2.75) is 0 Å². The summed E-state index contributed by atoms with van der Waals surface area (Å²) >= 11 is 12.0. The van der Waals surface area contributed by atoms with Crippen molar-refractivity contribution in [3.8, 4) is 5.75 Å². The number of phenols is 1. The zero-order chi connectivity index (χ0) is 22.3. The van der Waals surface area contributed by atoms with Crippen LogP contribution in [0.5, 0.6) is 5.75 Å². The van der Waals surface area contributed by atoms with Gasteiger partial charge in [0.25, 0.3) is 5.91 Å². The van der Waals surface area contributed by atoms with Crippen LogP contribution in [0.25, 0.3) is 0 Å². The molecule has 10 nitrogen and oxygen atoms in total. The molecule has 0 radical (unpaired) electrons. The number of methoxy groups -OCH3 is 2. The first-order valence-corrected chi connectivity index (χ1v) is 8.87. The number of hydrogen-bond donors (Lipinski definition) is 4. The predicted molar refractivity (Wildman–Crippen MR) is 111 cm³/mol. The Kier molecular flexibility index (Phi) is 7.84. The van der Waals surface area contributed by atoms with Crippen LogP contribution in [0.4, 0.5) is 21.0 Å². The van der Waals surface area contributed by atoms with Crippen LogP contribution in [0, 0.1) is 0 Å². The average molecular weight is 455 g/mol. The summed E-state index contributed by atoms with van der Waals surface area (Å²) < 4.78 is 8.91. The number of anilines is 1. The fraction of sp³-hybridized carbons (Fsp3) is 0.111. The number of aromatic hydroxyl groups is 1. The van der Waals surface area contributed by atoms with Gasteiger partial charge in [-0.2, -0.15) is 0 Å². The maximum Gasteiger partial charge on any atom is 0.413 e. The third kappa shape index (κ3) is 6.26. The molecule has 2 aromatic carbocycles. The number of carbonyl (C=O) groups excluding carboxylic acids is 3. The number of guanidine groups is 1. The molecule has 158 valence electrons. The van der Waals surface area contributed by atoms with Crippen molar-refractivity contribution in [3.05, 3.63) is 52.0 Å². The number of nitrogens with one attached hydrogen (secondary N) is 3. The van der Waals surface area contributed by atoms with Gasteiger partial charge in [0.05, 0.1) is 36.2 Å². The van der Waals surface area contributed by atoms with E-state index in [1.54, 1.807) is 0 Å². The number of phenolic OH excluding ortho intramolecular Hbond substituents is 1. The number of rotatable bonds is 3. The van der Waals surface area contributed by atoms with Crippen LogP contribution in [0.2, 0.25) is 10.0 Å². The second-order valence-corrected chi connectivity index (χ2v) is 6.32. The Balaban J connectivity index is 2.24. The van der Waals surface area contributed by atoms with Crippen molar-refractivity contribution in [1.29, 1.82) is 0 Å². The third-order valence-corrected chi connectivity index (χ3v) is 4.00. The highest BCUT2D eigenvalue weighted by atomic mass is 35.5. The normalized spacial score (nSPS) is 9.87. The molecule has 0 bridgehead atoms. The van der Waals surface area contributed by atoms with E-state index in [4.69, 9.17) is 23.2 Å². The van der Waals surface area contributed by atoms with Crippen molar-refractivity contribution < 1.29 is 29.0 Å². The summed E-state index contributed by atoms with van der Waals surface area (Å²) in [6.45, 7) is 0. The Labute approximate surface area is 180 Å². The number of nitrogens with zero attached hydrogens (tertiary/aromatic N) is 1. The molecule has 0 heterocycles. The lowest BCUT2D eigenvalue weighted by Crippen LogP contribution is -2.43. The fourth-order valence-corrected chi connectivity index (χ4v) is 2.46. The van der Waals surface area contributed by atoms with Crippen LogP contribution in [0.15, 0.2) is 41.4 Å². The minimum absolute atomic E-state index is 0.0347. The van der Waals surface area contributed by atoms with Crippen LogP contribution in [-0.4, -0.2) is 43.4 Å². The molecular formula is C18H16Cl2N4O6. The highest BCUT2D eigenvalue weighted by molar-refractivity contribution is 6.34. The smallest absolute Gasteiger partial charge is 0.413 e. The Morgan fingerprint density at radius 2 is 1.60 bits per heavy atom. The molecule has 0 spiro atoms. The first-order chi connectivity index (χ1) is 14.2. The van der Waals surface area contributed by atoms with E-state index in [1.807, 2.05) is 0 Å². The first kappa shape index (κ1) is 22.8. The number of benzene rings is 2. The summed E-state index contributed by atoms with van der Waals surface area (Å²) in [6, 6.07) is 8.30. The van der Waals surface area contributed by atoms with Gasteiger partial charge in [0, 0.05) is 5.02 Å². The van der Waals surface area contributed by atoms with Crippen molar-refractivity contribution in [2.24, 2.45) is 4.99 Å². The van der Waals surface area contributed by atoms with Gasteiger partial charge in [-0.1, -0.05) is 23.2 Å². The molecule has 3 amide bonds. The lowest BCUT2D eigenvalue weighted by atomic mass is 10.2. The molecule has 0 atom stereocenters. The van der Waals surface area contributed by atoms with Gasteiger partial charge in [-0.25, -0.2) is 14.6 Å². The molecule has 0 aliphatic carbocycles. The first-order valence-electron chi connectivity index (χ1n) is 8.11. The quantitative estimate of drug-likeness (QED) is 0.412. The van der Waals surface area contributed by atoms with Crippen LogP contribution < -0.4 is 16.0 Å². The maximum absolute atomic E-state index is 12.4. The molecule has 2 aromatic rings. The number of aliphatic imine (C=N–C) groups is 1. The summed E-state index contributed by atoms with van der Waals surface area (Å²) in [4.78, 5) is 39.2. The van der Waals surface area contributed by atoms with Crippen LogP contribution in [0.3, 0.4) is 0 Å². The van der Waals surface area contributed by atoms with Gasteiger partial charge in [-0.3, -0.25) is 15.4 Å².